The number of carbonyl (C=O) groups is 6. The van der Waals surface area contributed by atoms with Gasteiger partial charge in [0.05, 0.1) is 0 Å². The van der Waals surface area contributed by atoms with E-state index in [4.69, 9.17) is 39.9 Å². The Morgan fingerprint density at radius 2 is 0.864 bits per heavy atom. The Labute approximate surface area is 469 Å². The summed E-state index contributed by atoms with van der Waals surface area (Å²) in [6.45, 7) is 15.7. The lowest BCUT2D eigenvalue weighted by atomic mass is 9.75. The monoisotopic (exact) mass is 1090 g/mol. The summed E-state index contributed by atoms with van der Waals surface area (Å²) in [7, 11) is 0. The number of fused-ring (bicyclic) bond motifs is 4. The van der Waals surface area contributed by atoms with Crippen LogP contribution in [0.1, 0.15) is 58.6 Å². The Hall–Kier alpha value is -9.70. The molecule has 16 nitrogen and oxygen atoms in total. The molecule has 4 amide bonds. The molecule has 16 heteroatoms. The minimum Gasteiger partial charge on any atom is -0.456 e. The van der Waals surface area contributed by atoms with Crippen LogP contribution < -0.4 is 31.6 Å². The van der Waals surface area contributed by atoms with E-state index in [2.05, 4.69) is 81.0 Å². The van der Waals surface area contributed by atoms with Crippen LogP contribution in [0.3, 0.4) is 0 Å². The van der Waals surface area contributed by atoms with Crippen molar-refractivity contribution in [2.45, 2.75) is 72.8 Å². The molecule has 3 unspecified atom stereocenters. The molecule has 8 aromatic carbocycles. The fourth-order valence-corrected chi connectivity index (χ4v) is 10.4. The zero-order valence-corrected chi connectivity index (χ0v) is 45.8. The molecule has 0 saturated carbocycles. The van der Waals surface area contributed by atoms with E-state index in [0.29, 0.717) is 24.0 Å². The molecule has 0 spiro atoms. The maximum atomic E-state index is 13.8. The number of aryl methyl sites for hydroxylation is 1. The first-order valence-corrected chi connectivity index (χ1v) is 26.3. The summed E-state index contributed by atoms with van der Waals surface area (Å²) >= 11 is 0. The van der Waals surface area contributed by atoms with Gasteiger partial charge in [-0.1, -0.05) is 167 Å². The first-order chi connectivity index (χ1) is 38.7. The number of nitrogens with two attached hydrogens (primary N) is 2. The smallest absolute Gasteiger partial charge is 0.415 e. The molecule has 8 aromatic rings. The lowest BCUT2D eigenvalue weighted by Crippen LogP contribution is -2.44. The third kappa shape index (κ3) is 14.3. The summed E-state index contributed by atoms with van der Waals surface area (Å²) in [5, 5.41) is 12.3. The third-order valence-electron chi connectivity index (χ3n) is 13.7. The Kier molecular flexibility index (Phi) is 18.0. The predicted octanol–water partition coefficient (Wildman–Crippen LogP) is 13.1. The van der Waals surface area contributed by atoms with Gasteiger partial charge in [-0.25, -0.2) is 28.8 Å². The Morgan fingerprint density at radius 3 is 1.26 bits per heavy atom. The molecule has 6 N–H and O–H groups in total. The molecule has 0 fully saturated rings. The normalized spacial score (nSPS) is 12.4. The van der Waals surface area contributed by atoms with Crippen molar-refractivity contribution in [3.8, 4) is 33.8 Å². The van der Waals surface area contributed by atoms with Gasteiger partial charge in [0.2, 0.25) is 12.5 Å². The molecule has 0 aromatic heterocycles. The van der Waals surface area contributed by atoms with Crippen LogP contribution >= 0.6 is 0 Å². The number of hydrogen-bond donors (Lipinski definition) is 4. The lowest BCUT2D eigenvalue weighted by molar-refractivity contribution is -0.143. The zero-order chi connectivity index (χ0) is 58.0. The van der Waals surface area contributed by atoms with Gasteiger partial charge < -0.3 is 39.9 Å². The first kappa shape index (κ1) is 57.5. The lowest BCUT2D eigenvalue weighted by Gasteiger charge is -2.30. The van der Waals surface area contributed by atoms with E-state index in [1.165, 1.54) is 13.8 Å². The summed E-state index contributed by atoms with van der Waals surface area (Å²) < 4.78 is 32.6. The molecule has 3 atom stereocenters. The van der Waals surface area contributed by atoms with Crippen LogP contribution in [0.2, 0.25) is 0 Å². The number of benzene rings is 8. The van der Waals surface area contributed by atoms with E-state index in [9.17, 15) is 28.8 Å². The van der Waals surface area contributed by atoms with E-state index in [0.717, 1.165) is 78.2 Å². The summed E-state index contributed by atoms with van der Waals surface area (Å²) in [4.78, 5) is 75.6. The molecule has 0 bridgehead atoms. The molecule has 8 rings (SSSR count). The minimum atomic E-state index is -1.46. The molecule has 0 heterocycles. The van der Waals surface area contributed by atoms with Gasteiger partial charge in [0.25, 0.3) is 0 Å². The van der Waals surface area contributed by atoms with E-state index in [1.807, 2.05) is 97.1 Å². The fourth-order valence-electron chi connectivity index (χ4n) is 10.4. The number of amides is 4. The summed E-state index contributed by atoms with van der Waals surface area (Å²) in [5.41, 5.74) is 15.8. The van der Waals surface area contributed by atoms with Crippen LogP contribution in [-0.4, -0.2) is 62.0 Å². The molecular formula is C65H64N4O12. The van der Waals surface area contributed by atoms with E-state index >= 15 is 0 Å². The van der Waals surface area contributed by atoms with Crippen LogP contribution in [-0.2, 0) is 41.4 Å². The predicted molar refractivity (Wildman–Crippen MR) is 312 cm³/mol. The van der Waals surface area contributed by atoms with Crippen molar-refractivity contribution in [1.82, 2.24) is 10.6 Å². The maximum Gasteiger partial charge on any atom is 0.415 e. The summed E-state index contributed by atoms with van der Waals surface area (Å²) in [5.74, 6) is -0.828. The number of esters is 2. The first-order valence-electron chi connectivity index (χ1n) is 26.3. The average Bonchev–Trinajstić information content (AvgIpc) is 3.63. The van der Waals surface area contributed by atoms with Gasteiger partial charge >= 0.3 is 36.3 Å². The van der Waals surface area contributed by atoms with Crippen molar-refractivity contribution < 1.29 is 57.2 Å². The van der Waals surface area contributed by atoms with Gasteiger partial charge in [-0.15, -0.1) is 0 Å². The van der Waals surface area contributed by atoms with Gasteiger partial charge in [0.15, 0.2) is 0 Å². The molecule has 0 radical (unpaired) electrons. The summed E-state index contributed by atoms with van der Waals surface area (Å²) in [6, 6.07) is 47.4. The number of ether oxygens (including phenoxy) is 6. The number of nitrogens with one attached hydrogen (secondary N) is 2. The quantitative estimate of drug-likeness (QED) is 0.0228. The fraction of sp³-hybridized carbons (Fsp3) is 0.231. The number of hydrogen-bond acceptors (Lipinski definition) is 12. The van der Waals surface area contributed by atoms with Crippen LogP contribution in [0.25, 0.3) is 65.3 Å². The van der Waals surface area contributed by atoms with Crippen molar-refractivity contribution in [3.05, 3.63) is 181 Å². The SMILES string of the molecule is C=C(C)C(=O)OCC(NC(=O)Oc1ccc2ccccc2c1-c1c(CCC(C)CC(C)(C)Cc2ccc3ccccc3c2-c2c(OC(=O)NC(COC(=O)C(=C)C)OC(N)=O)ccc3ccccc23)ccc2ccccc12)OC(N)=O. The molecular weight excluding hydrogens is 1030 g/mol. The van der Waals surface area contributed by atoms with Gasteiger partial charge in [-0.05, 0) is 128 Å². The zero-order valence-electron chi connectivity index (χ0n) is 45.8. The van der Waals surface area contributed by atoms with Crippen molar-refractivity contribution in [2.24, 2.45) is 22.8 Å². The molecule has 416 valence electrons. The second-order valence-electron chi connectivity index (χ2n) is 20.8. The standard InChI is InChI=1S/C65H64N4O12/c1-38(2)59(70)76-36-53(80-61(66)72)68-63(74)78-51-32-30-43-18-10-14-22-49(43)57(51)55-45(28-26-41-16-8-12-20-47(41)55)25-24-40(5)34-65(6,7)35-46-29-27-42-17-9-13-21-48(42)56(46)58-50-23-15-11-19-44(50)31-33-52(58)79-64(75)69-54(81-62(67)73)37-77-60(71)39(3)4/h8-23,26-33,40,53-54H,1,3,24-25,34-37H2,2,4-7H3,(H2,66,72)(H2,67,73)(H,68,74)(H,69,75). The topological polar surface area (TPSA) is 234 Å². The number of rotatable bonds is 21. The van der Waals surface area contributed by atoms with E-state index < -0.39 is 62.0 Å². The Morgan fingerprint density at radius 1 is 0.506 bits per heavy atom. The van der Waals surface area contributed by atoms with Gasteiger partial charge in [0, 0.05) is 22.3 Å². The highest BCUT2D eigenvalue weighted by Gasteiger charge is 2.29. The average molecular weight is 1090 g/mol. The molecule has 0 aliphatic carbocycles. The van der Waals surface area contributed by atoms with E-state index in [-0.39, 0.29) is 34.0 Å². The highest BCUT2D eigenvalue weighted by molar-refractivity contribution is 6.11. The van der Waals surface area contributed by atoms with Crippen molar-refractivity contribution >= 4 is 79.4 Å². The summed E-state index contributed by atoms with van der Waals surface area (Å²) in [6.07, 6.45) is -4.38. The highest BCUT2D eigenvalue weighted by Crippen LogP contribution is 2.47. The van der Waals surface area contributed by atoms with Crippen molar-refractivity contribution in [1.29, 1.82) is 0 Å². The Bertz CT molecular complexity index is 3760. The van der Waals surface area contributed by atoms with Gasteiger partial charge in [0.1, 0.15) is 24.7 Å². The maximum absolute atomic E-state index is 13.8. The molecule has 0 aliphatic rings. The van der Waals surface area contributed by atoms with Crippen molar-refractivity contribution in [3.63, 3.8) is 0 Å². The van der Waals surface area contributed by atoms with Gasteiger partial charge in [-0.2, -0.15) is 0 Å². The van der Waals surface area contributed by atoms with Crippen LogP contribution in [0, 0.1) is 11.3 Å². The second kappa shape index (κ2) is 25.4. The highest BCUT2D eigenvalue weighted by atomic mass is 16.6. The third-order valence-corrected chi connectivity index (χ3v) is 13.7. The molecule has 81 heavy (non-hydrogen) atoms. The van der Waals surface area contributed by atoms with Crippen molar-refractivity contribution in [2.75, 3.05) is 13.2 Å². The number of primary amides is 2. The van der Waals surface area contributed by atoms with Crippen LogP contribution in [0.5, 0.6) is 11.5 Å². The Balaban J connectivity index is 1.09. The second-order valence-corrected chi connectivity index (χ2v) is 20.8. The van der Waals surface area contributed by atoms with E-state index in [1.54, 1.807) is 12.1 Å². The van der Waals surface area contributed by atoms with Crippen LogP contribution in [0.4, 0.5) is 19.2 Å². The van der Waals surface area contributed by atoms with Crippen LogP contribution in [0.15, 0.2) is 170 Å². The number of carbonyl (C=O) groups excluding carboxylic acids is 6. The molecule has 0 saturated heterocycles. The van der Waals surface area contributed by atoms with Gasteiger partial charge in [-0.3, -0.25) is 10.6 Å². The largest absolute Gasteiger partial charge is 0.456 e. The minimum absolute atomic E-state index is 0.107. The molecule has 0 aliphatic heterocycles.